The van der Waals surface area contributed by atoms with Gasteiger partial charge in [0, 0.05) is 21.3 Å². The summed E-state index contributed by atoms with van der Waals surface area (Å²) in [6, 6.07) is 0. The zero-order valence-electron chi connectivity index (χ0n) is 8.72. The van der Waals surface area contributed by atoms with Crippen molar-refractivity contribution in [2.24, 2.45) is 0 Å². The maximum absolute atomic E-state index is 4.74. The lowest BCUT2D eigenvalue weighted by Crippen LogP contribution is -2.21. The van der Waals surface area contributed by atoms with Gasteiger partial charge < -0.3 is 18.6 Å². The Bertz CT molecular complexity index is 64.2. The zero-order valence-corrected chi connectivity index (χ0v) is 9.87. The highest BCUT2D eigenvalue weighted by atomic mass is 28.3. The summed E-state index contributed by atoms with van der Waals surface area (Å²) < 4.78 is 14.2. The largest absolute Gasteiger partial charge is 0.483 e. The van der Waals surface area contributed by atoms with Gasteiger partial charge in [0.05, 0.1) is 0 Å². The lowest BCUT2D eigenvalue weighted by atomic mass is 10.5. The minimum absolute atomic E-state index is 1.14. The van der Waals surface area contributed by atoms with Gasteiger partial charge in [0.15, 0.2) is 0 Å². The molecule has 0 radical (unpaired) electrons. The Balaban J connectivity index is 0. The van der Waals surface area contributed by atoms with Crippen molar-refractivity contribution < 1.29 is 13.3 Å². The molecule has 0 saturated carbocycles. The molecule has 0 unspecified atom stereocenters. The monoisotopic (exact) mass is 195 g/mol. The van der Waals surface area contributed by atoms with Crippen LogP contribution in [0, 0.1) is 0 Å². The average molecular weight is 195 g/mol. The lowest BCUT2D eigenvalue weighted by Gasteiger charge is -2.05. The van der Waals surface area contributed by atoms with Crippen LogP contribution in [-0.4, -0.2) is 44.4 Å². The summed E-state index contributed by atoms with van der Waals surface area (Å²) in [5, 5.41) is 3.02. The summed E-state index contributed by atoms with van der Waals surface area (Å²) in [5.41, 5.74) is 0. The van der Waals surface area contributed by atoms with Gasteiger partial charge in [0.1, 0.15) is 0 Å². The SMILES string of the molecule is CCCNC.CO[SiH](OC)OC. The highest BCUT2D eigenvalue weighted by Crippen LogP contribution is 1.81. The molecule has 12 heavy (non-hydrogen) atoms. The van der Waals surface area contributed by atoms with Crippen LogP contribution in [0.25, 0.3) is 0 Å². The molecule has 0 aliphatic heterocycles. The molecule has 0 aromatic rings. The fourth-order valence-corrected chi connectivity index (χ4v) is 1.12. The van der Waals surface area contributed by atoms with Crippen LogP contribution in [0.3, 0.4) is 0 Å². The second-order valence-corrected chi connectivity index (χ2v) is 4.09. The van der Waals surface area contributed by atoms with E-state index in [1.807, 2.05) is 7.05 Å². The molecule has 1 N–H and O–H groups in total. The first-order valence-electron chi connectivity index (χ1n) is 3.99. The van der Waals surface area contributed by atoms with Crippen molar-refractivity contribution in [3.05, 3.63) is 0 Å². The summed E-state index contributed by atoms with van der Waals surface area (Å²) in [5.74, 6) is 0. The molecule has 0 spiro atoms. The minimum atomic E-state index is -1.67. The number of rotatable bonds is 5. The third-order valence-electron chi connectivity index (χ3n) is 1.08. The van der Waals surface area contributed by atoms with Gasteiger partial charge in [-0.1, -0.05) is 6.92 Å². The molecular weight excluding hydrogens is 174 g/mol. The van der Waals surface area contributed by atoms with Crippen molar-refractivity contribution in [1.29, 1.82) is 0 Å². The fourth-order valence-electron chi connectivity index (χ4n) is 0.539. The van der Waals surface area contributed by atoms with Crippen molar-refractivity contribution in [2.75, 3.05) is 34.9 Å². The Morgan fingerprint density at radius 2 is 1.50 bits per heavy atom. The van der Waals surface area contributed by atoms with Gasteiger partial charge in [0.2, 0.25) is 0 Å². The highest BCUT2D eigenvalue weighted by molar-refractivity contribution is 6.36. The Labute approximate surface area is 77.2 Å². The van der Waals surface area contributed by atoms with E-state index in [-0.39, 0.29) is 0 Å². The van der Waals surface area contributed by atoms with Gasteiger partial charge in [-0.05, 0) is 20.0 Å². The minimum Gasteiger partial charge on any atom is -0.379 e. The van der Waals surface area contributed by atoms with Crippen LogP contribution >= 0.6 is 0 Å². The molecule has 0 fully saturated rings. The van der Waals surface area contributed by atoms with E-state index >= 15 is 0 Å². The molecule has 0 saturated heterocycles. The number of hydrogen-bond donors (Lipinski definition) is 1. The van der Waals surface area contributed by atoms with Gasteiger partial charge in [-0.3, -0.25) is 0 Å². The Morgan fingerprint density at radius 3 is 1.50 bits per heavy atom. The lowest BCUT2D eigenvalue weighted by molar-refractivity contribution is 0.163. The van der Waals surface area contributed by atoms with E-state index in [1.165, 1.54) is 6.42 Å². The molecular formula is C7H21NO3Si. The van der Waals surface area contributed by atoms with E-state index in [0.717, 1.165) is 6.54 Å². The molecule has 0 aliphatic rings. The fraction of sp³-hybridized carbons (Fsp3) is 1.00. The van der Waals surface area contributed by atoms with E-state index in [0.29, 0.717) is 0 Å². The molecule has 0 rings (SSSR count). The normalized spacial score (nSPS) is 9.50. The second kappa shape index (κ2) is 13.6. The predicted octanol–water partition coefficient (Wildman–Crippen LogP) is 0.259. The van der Waals surface area contributed by atoms with E-state index < -0.39 is 9.53 Å². The van der Waals surface area contributed by atoms with Crippen molar-refractivity contribution >= 4 is 9.53 Å². The van der Waals surface area contributed by atoms with Crippen LogP contribution in [0.15, 0.2) is 0 Å². The highest BCUT2D eigenvalue weighted by Gasteiger charge is 2.04. The topological polar surface area (TPSA) is 39.7 Å². The van der Waals surface area contributed by atoms with E-state index in [1.54, 1.807) is 21.3 Å². The molecule has 0 bridgehead atoms. The van der Waals surface area contributed by atoms with Crippen LogP contribution < -0.4 is 5.32 Å². The molecule has 0 aliphatic carbocycles. The third-order valence-corrected chi connectivity index (χ3v) is 2.23. The van der Waals surface area contributed by atoms with Crippen molar-refractivity contribution in [2.45, 2.75) is 13.3 Å². The van der Waals surface area contributed by atoms with Crippen molar-refractivity contribution in [3.63, 3.8) is 0 Å². The first-order chi connectivity index (χ1) is 5.76. The van der Waals surface area contributed by atoms with Gasteiger partial charge in [-0.2, -0.15) is 0 Å². The Morgan fingerprint density at radius 1 is 1.08 bits per heavy atom. The molecule has 0 aromatic heterocycles. The average Bonchev–Trinajstić information content (AvgIpc) is 2.10. The van der Waals surface area contributed by atoms with Crippen molar-refractivity contribution in [3.8, 4) is 0 Å². The number of hydrogen-bond acceptors (Lipinski definition) is 4. The molecule has 0 atom stereocenters. The van der Waals surface area contributed by atoms with Gasteiger partial charge in [-0.15, -0.1) is 0 Å². The van der Waals surface area contributed by atoms with Crippen LogP contribution in [0.5, 0.6) is 0 Å². The first kappa shape index (κ1) is 14.6. The quantitative estimate of drug-likeness (QED) is 0.639. The first-order valence-corrected chi connectivity index (χ1v) is 5.41. The predicted molar refractivity (Wildman–Crippen MR) is 52.4 cm³/mol. The van der Waals surface area contributed by atoms with Crippen LogP contribution in [0.4, 0.5) is 0 Å². The Kier molecular flexibility index (Phi) is 16.6. The third kappa shape index (κ3) is 12.7. The van der Waals surface area contributed by atoms with Crippen LogP contribution in [0.1, 0.15) is 13.3 Å². The molecule has 76 valence electrons. The van der Waals surface area contributed by atoms with Gasteiger partial charge in [-0.25, -0.2) is 0 Å². The van der Waals surface area contributed by atoms with Crippen molar-refractivity contribution in [1.82, 2.24) is 5.32 Å². The zero-order chi connectivity index (χ0) is 9.82. The molecule has 0 amide bonds. The van der Waals surface area contributed by atoms with Gasteiger partial charge in [0.25, 0.3) is 0 Å². The molecule has 5 heteroatoms. The van der Waals surface area contributed by atoms with Crippen LogP contribution in [0.2, 0.25) is 0 Å². The summed E-state index contributed by atoms with van der Waals surface area (Å²) in [4.78, 5) is 0. The molecule has 4 nitrogen and oxygen atoms in total. The Hall–Kier alpha value is 0.0569. The van der Waals surface area contributed by atoms with E-state index in [9.17, 15) is 0 Å². The summed E-state index contributed by atoms with van der Waals surface area (Å²) in [6.45, 7) is 3.29. The molecule has 0 aromatic carbocycles. The van der Waals surface area contributed by atoms with Gasteiger partial charge >= 0.3 is 9.53 Å². The number of nitrogens with one attached hydrogen (secondary N) is 1. The standard InChI is InChI=1S/C4H11N.C3H10O3Si/c1-3-4-5-2;1-4-7(5-2)6-3/h5H,3-4H2,1-2H3;7H,1-3H3. The van der Waals surface area contributed by atoms with E-state index in [4.69, 9.17) is 13.3 Å². The summed E-state index contributed by atoms with van der Waals surface area (Å²) in [7, 11) is 5.01. The smallest absolute Gasteiger partial charge is 0.379 e. The van der Waals surface area contributed by atoms with E-state index in [2.05, 4.69) is 12.2 Å². The van der Waals surface area contributed by atoms with Crippen LogP contribution in [-0.2, 0) is 13.3 Å². The maximum atomic E-state index is 4.74. The maximum Gasteiger partial charge on any atom is 0.483 e. The summed E-state index contributed by atoms with van der Waals surface area (Å²) in [6.07, 6.45) is 1.23. The molecule has 0 heterocycles. The summed E-state index contributed by atoms with van der Waals surface area (Å²) >= 11 is 0. The second-order valence-electron chi connectivity index (χ2n) is 2.10.